The Morgan fingerprint density at radius 3 is 3.21 bits per heavy atom. The number of carbonyl (C=O) groups is 1. The Bertz CT molecular complexity index is 308. The Morgan fingerprint density at radius 2 is 2.36 bits per heavy atom. The van der Waals surface area contributed by atoms with Crippen LogP contribution in [0.25, 0.3) is 0 Å². The van der Waals surface area contributed by atoms with Crippen LogP contribution in [0, 0.1) is 11.8 Å². The number of Topliss-reactive ketones (excluding diaryl/α,β-unsaturated/α-hetero) is 1. The summed E-state index contributed by atoms with van der Waals surface area (Å²) in [5.41, 5.74) is 1.33. The quantitative estimate of drug-likeness (QED) is 0.545. The number of allylic oxidation sites excluding steroid dienone is 2. The molecule has 4 atom stereocenters. The van der Waals surface area contributed by atoms with E-state index in [1.165, 1.54) is 5.57 Å². The van der Waals surface area contributed by atoms with Crippen LogP contribution < -0.4 is 0 Å². The number of ether oxygens (including phenoxy) is 2. The maximum Gasteiger partial charge on any atom is 0.218 e. The Kier molecular flexibility index (Phi) is 1.79. The molecular formula is C11H14O3. The number of rotatable bonds is 0. The first kappa shape index (κ1) is 8.62. The molecule has 0 spiro atoms. The lowest BCUT2D eigenvalue weighted by Gasteiger charge is -2.36. The molecule has 3 heteroatoms. The van der Waals surface area contributed by atoms with E-state index in [1.807, 2.05) is 0 Å². The van der Waals surface area contributed by atoms with Crippen molar-refractivity contribution in [2.24, 2.45) is 11.8 Å². The first-order chi connectivity index (χ1) is 6.75. The molecule has 2 aliphatic heterocycles. The molecule has 1 aliphatic carbocycles. The Labute approximate surface area is 83.1 Å². The van der Waals surface area contributed by atoms with Crippen molar-refractivity contribution in [1.82, 2.24) is 0 Å². The number of hydrogen-bond acceptors (Lipinski definition) is 3. The van der Waals surface area contributed by atoms with Crippen LogP contribution in [0.3, 0.4) is 0 Å². The summed E-state index contributed by atoms with van der Waals surface area (Å²) < 4.78 is 10.8. The van der Waals surface area contributed by atoms with Crippen molar-refractivity contribution in [2.75, 3.05) is 6.61 Å². The molecule has 0 aromatic heterocycles. The minimum Gasteiger partial charge on any atom is -0.343 e. The molecule has 0 aromatic rings. The van der Waals surface area contributed by atoms with Gasteiger partial charge in [0.2, 0.25) is 6.29 Å². The van der Waals surface area contributed by atoms with Gasteiger partial charge in [-0.25, -0.2) is 0 Å². The monoisotopic (exact) mass is 194 g/mol. The third-order valence-electron chi connectivity index (χ3n) is 3.58. The van der Waals surface area contributed by atoms with Crippen molar-refractivity contribution in [1.29, 1.82) is 0 Å². The molecule has 0 N–H and O–H groups in total. The van der Waals surface area contributed by atoms with Gasteiger partial charge in [-0.1, -0.05) is 11.6 Å². The summed E-state index contributed by atoms with van der Waals surface area (Å²) in [5.74, 6) is 0.687. The van der Waals surface area contributed by atoms with Crippen LogP contribution in [0.5, 0.6) is 0 Å². The van der Waals surface area contributed by atoms with Gasteiger partial charge in [0.05, 0.1) is 12.7 Å². The first-order valence-electron chi connectivity index (χ1n) is 5.22. The van der Waals surface area contributed by atoms with E-state index in [2.05, 4.69) is 13.0 Å². The highest BCUT2D eigenvalue weighted by atomic mass is 16.7. The number of ketones is 1. The summed E-state index contributed by atoms with van der Waals surface area (Å²) in [7, 11) is 0. The number of carbonyl (C=O) groups excluding carboxylic acids is 1. The predicted octanol–water partition coefficient (Wildman–Crippen LogP) is 1.28. The molecule has 2 heterocycles. The largest absolute Gasteiger partial charge is 0.343 e. The molecule has 0 radical (unpaired) electrons. The fourth-order valence-electron chi connectivity index (χ4n) is 2.77. The van der Waals surface area contributed by atoms with Gasteiger partial charge in [0, 0.05) is 11.8 Å². The highest BCUT2D eigenvalue weighted by Crippen LogP contribution is 2.41. The molecule has 0 amide bonds. The van der Waals surface area contributed by atoms with Crippen molar-refractivity contribution in [3.8, 4) is 0 Å². The second-order valence-corrected chi connectivity index (χ2v) is 4.50. The molecule has 3 nitrogen and oxygen atoms in total. The zero-order valence-electron chi connectivity index (χ0n) is 8.23. The fourth-order valence-corrected chi connectivity index (χ4v) is 2.77. The van der Waals surface area contributed by atoms with Crippen LogP contribution in [-0.4, -0.2) is 24.8 Å². The lowest BCUT2D eigenvalue weighted by Crippen LogP contribution is -2.44. The van der Waals surface area contributed by atoms with Crippen molar-refractivity contribution in [3.63, 3.8) is 0 Å². The Balaban J connectivity index is 1.93. The summed E-state index contributed by atoms with van der Waals surface area (Å²) in [5, 5.41) is 0. The van der Waals surface area contributed by atoms with E-state index in [4.69, 9.17) is 9.47 Å². The molecule has 2 saturated heterocycles. The van der Waals surface area contributed by atoms with Gasteiger partial charge in [0.1, 0.15) is 0 Å². The topological polar surface area (TPSA) is 35.5 Å². The highest BCUT2D eigenvalue weighted by Gasteiger charge is 2.49. The molecule has 0 aromatic carbocycles. The normalized spacial score (nSPS) is 46.1. The minimum atomic E-state index is -0.549. The first-order valence-corrected chi connectivity index (χ1v) is 5.22. The van der Waals surface area contributed by atoms with Crippen LogP contribution in [0.1, 0.15) is 19.8 Å². The molecule has 76 valence electrons. The third-order valence-corrected chi connectivity index (χ3v) is 3.58. The third kappa shape index (κ3) is 1.09. The van der Waals surface area contributed by atoms with Gasteiger partial charge in [-0.05, 0) is 19.8 Å². The SMILES string of the molecule is CC1=CC[C@H]2[C@H]3CO[C@@H](O3)C(=O)[C@@H]2C1. The van der Waals surface area contributed by atoms with E-state index in [-0.39, 0.29) is 17.8 Å². The van der Waals surface area contributed by atoms with Crippen LogP contribution in [-0.2, 0) is 14.3 Å². The van der Waals surface area contributed by atoms with E-state index in [0.29, 0.717) is 12.5 Å². The van der Waals surface area contributed by atoms with E-state index >= 15 is 0 Å². The molecule has 3 aliphatic rings. The van der Waals surface area contributed by atoms with Crippen LogP contribution in [0.15, 0.2) is 11.6 Å². The molecular weight excluding hydrogens is 180 g/mol. The van der Waals surface area contributed by atoms with E-state index in [9.17, 15) is 4.79 Å². The van der Waals surface area contributed by atoms with E-state index in [0.717, 1.165) is 12.8 Å². The summed E-state index contributed by atoms with van der Waals surface area (Å²) in [6.45, 7) is 2.70. The average molecular weight is 194 g/mol. The second kappa shape index (κ2) is 2.91. The van der Waals surface area contributed by atoms with Crippen LogP contribution >= 0.6 is 0 Å². The van der Waals surface area contributed by atoms with Gasteiger partial charge in [-0.15, -0.1) is 0 Å². The van der Waals surface area contributed by atoms with E-state index in [1.54, 1.807) is 0 Å². The lowest BCUT2D eigenvalue weighted by atomic mass is 9.74. The summed E-state index contributed by atoms with van der Waals surface area (Å²) >= 11 is 0. The highest BCUT2D eigenvalue weighted by molar-refractivity contribution is 5.86. The van der Waals surface area contributed by atoms with Crippen molar-refractivity contribution >= 4 is 5.78 Å². The zero-order valence-corrected chi connectivity index (χ0v) is 8.23. The van der Waals surface area contributed by atoms with Gasteiger partial charge < -0.3 is 9.47 Å². The van der Waals surface area contributed by atoms with Crippen molar-refractivity contribution in [2.45, 2.75) is 32.2 Å². The molecule has 2 bridgehead atoms. The molecule has 0 saturated carbocycles. The summed E-state index contributed by atoms with van der Waals surface area (Å²) in [6.07, 6.45) is 3.72. The standard InChI is InChI=1S/C11H14O3/c1-6-2-3-7-8(4-6)10(12)11-13-5-9(7)14-11/h2,7-9,11H,3-5H2,1H3/t7-,8-,9-,11+/m1/s1. The Hall–Kier alpha value is -0.670. The van der Waals surface area contributed by atoms with Gasteiger partial charge >= 0.3 is 0 Å². The van der Waals surface area contributed by atoms with Gasteiger partial charge in [-0.3, -0.25) is 4.79 Å². The summed E-state index contributed by atoms with van der Waals surface area (Å²) in [6, 6.07) is 0. The molecule has 0 unspecified atom stereocenters. The second-order valence-electron chi connectivity index (χ2n) is 4.50. The average Bonchev–Trinajstić information content (AvgIpc) is 2.61. The maximum atomic E-state index is 11.9. The van der Waals surface area contributed by atoms with Gasteiger partial charge in [-0.2, -0.15) is 0 Å². The maximum absolute atomic E-state index is 11.9. The van der Waals surface area contributed by atoms with E-state index < -0.39 is 6.29 Å². The zero-order chi connectivity index (χ0) is 9.71. The molecule has 14 heavy (non-hydrogen) atoms. The van der Waals surface area contributed by atoms with Gasteiger partial charge in [0.15, 0.2) is 5.78 Å². The smallest absolute Gasteiger partial charge is 0.218 e. The predicted molar refractivity (Wildman–Crippen MR) is 49.6 cm³/mol. The molecule has 2 fully saturated rings. The summed E-state index contributed by atoms with van der Waals surface area (Å²) in [4.78, 5) is 11.9. The number of hydrogen-bond donors (Lipinski definition) is 0. The lowest BCUT2D eigenvalue weighted by molar-refractivity contribution is -0.165. The van der Waals surface area contributed by atoms with Crippen molar-refractivity contribution in [3.05, 3.63) is 11.6 Å². The fraction of sp³-hybridized carbons (Fsp3) is 0.727. The number of fused-ring (bicyclic) bond motifs is 4. The van der Waals surface area contributed by atoms with Gasteiger partial charge in [0.25, 0.3) is 0 Å². The van der Waals surface area contributed by atoms with Crippen LogP contribution in [0.4, 0.5) is 0 Å². The molecule has 3 rings (SSSR count). The van der Waals surface area contributed by atoms with Crippen molar-refractivity contribution < 1.29 is 14.3 Å². The van der Waals surface area contributed by atoms with Crippen LogP contribution in [0.2, 0.25) is 0 Å². The Morgan fingerprint density at radius 1 is 1.50 bits per heavy atom. The minimum absolute atomic E-state index is 0.159.